The third-order valence-corrected chi connectivity index (χ3v) is 7.66. The third kappa shape index (κ3) is 4.34. The van der Waals surface area contributed by atoms with Crippen molar-refractivity contribution in [1.82, 2.24) is 15.5 Å². The minimum absolute atomic E-state index is 0.00585. The zero-order valence-corrected chi connectivity index (χ0v) is 22.0. The molecule has 204 valence electrons. The molecule has 11 heteroatoms. The quantitative estimate of drug-likeness (QED) is 0.403. The summed E-state index contributed by atoms with van der Waals surface area (Å²) in [5.41, 5.74) is 4.42. The summed E-state index contributed by atoms with van der Waals surface area (Å²) in [6.07, 6.45) is 8.03. The summed E-state index contributed by atoms with van der Waals surface area (Å²) < 4.78 is 15.8. The number of anilines is 2. The molecule has 0 radical (unpaired) electrons. The molecular weight excluding hydrogens is 514 g/mol. The van der Waals surface area contributed by atoms with Gasteiger partial charge in [-0.25, -0.2) is 4.98 Å². The topological polar surface area (TPSA) is 145 Å². The number of ether oxygens (including phenoxy) is 2. The molecule has 1 saturated heterocycles. The van der Waals surface area contributed by atoms with E-state index in [0.29, 0.717) is 43.9 Å². The van der Waals surface area contributed by atoms with E-state index in [1.165, 1.54) is 6.26 Å². The number of hydrogen-bond donors (Lipinski definition) is 3. The molecule has 3 aromatic rings. The number of nitrogens with one attached hydrogen (secondary N) is 3. The van der Waals surface area contributed by atoms with Crippen LogP contribution < -0.4 is 20.7 Å². The van der Waals surface area contributed by atoms with Gasteiger partial charge in [0.25, 0.3) is 11.8 Å². The Bertz CT molecular complexity index is 1600. The fraction of sp³-hybridized carbons (Fsp3) is 0.276. The minimum Gasteiger partial charge on any atom is -0.496 e. The van der Waals surface area contributed by atoms with Crippen LogP contribution in [0.25, 0.3) is 5.57 Å². The molecule has 0 unspecified atom stereocenters. The Kier molecular flexibility index (Phi) is 6.43. The van der Waals surface area contributed by atoms with Gasteiger partial charge in [0.2, 0.25) is 5.91 Å². The largest absolute Gasteiger partial charge is 0.496 e. The molecule has 3 N–H and O–H groups in total. The van der Waals surface area contributed by atoms with E-state index < -0.39 is 17.2 Å². The predicted octanol–water partition coefficient (Wildman–Crippen LogP) is 3.28. The van der Waals surface area contributed by atoms with Gasteiger partial charge in [-0.1, -0.05) is 23.4 Å². The molecule has 1 aromatic carbocycles. The van der Waals surface area contributed by atoms with Crippen molar-refractivity contribution in [3.63, 3.8) is 0 Å². The third-order valence-electron chi connectivity index (χ3n) is 7.66. The van der Waals surface area contributed by atoms with Crippen LogP contribution in [0.3, 0.4) is 0 Å². The molecule has 2 aromatic heterocycles. The van der Waals surface area contributed by atoms with E-state index in [2.05, 4.69) is 26.1 Å². The lowest BCUT2D eigenvalue weighted by molar-refractivity contribution is -0.124. The number of pyridine rings is 1. The highest BCUT2D eigenvalue weighted by atomic mass is 16.5. The Balaban J connectivity index is 1.28. The van der Waals surface area contributed by atoms with Crippen molar-refractivity contribution >= 4 is 34.8 Å². The first-order valence-electron chi connectivity index (χ1n) is 12.9. The monoisotopic (exact) mass is 541 g/mol. The van der Waals surface area contributed by atoms with Gasteiger partial charge in [-0.05, 0) is 49.5 Å². The summed E-state index contributed by atoms with van der Waals surface area (Å²) >= 11 is 0. The first-order valence-corrected chi connectivity index (χ1v) is 12.9. The summed E-state index contributed by atoms with van der Waals surface area (Å²) in [6.45, 7) is 2.63. The van der Waals surface area contributed by atoms with Crippen LogP contribution in [0.1, 0.15) is 45.6 Å². The van der Waals surface area contributed by atoms with Crippen LogP contribution >= 0.6 is 0 Å². The van der Waals surface area contributed by atoms with Gasteiger partial charge in [-0.3, -0.25) is 14.4 Å². The van der Waals surface area contributed by atoms with Crippen LogP contribution in [-0.2, 0) is 26.2 Å². The van der Waals surface area contributed by atoms with Crippen LogP contribution in [0.4, 0.5) is 11.5 Å². The first-order chi connectivity index (χ1) is 19.4. The minimum atomic E-state index is -0.662. The number of fused-ring (bicyclic) bond motifs is 3. The number of carbonyl (C=O) groups excluding carboxylic acids is 3. The van der Waals surface area contributed by atoms with Crippen LogP contribution in [0.15, 0.2) is 59.1 Å². The number of hydrogen-bond acceptors (Lipinski definition) is 8. The van der Waals surface area contributed by atoms with Gasteiger partial charge in [0.1, 0.15) is 29.1 Å². The Hall–Kier alpha value is -4.77. The van der Waals surface area contributed by atoms with Gasteiger partial charge in [0, 0.05) is 36.6 Å². The van der Waals surface area contributed by atoms with E-state index in [4.69, 9.17) is 14.0 Å². The highest BCUT2D eigenvalue weighted by molar-refractivity contribution is 6.10. The normalized spacial score (nSPS) is 18.0. The zero-order valence-electron chi connectivity index (χ0n) is 22.0. The number of allylic oxidation sites excluding steroid dienone is 3. The maximum atomic E-state index is 13.4. The second-order valence-electron chi connectivity index (χ2n) is 9.93. The molecule has 0 saturated carbocycles. The SMILES string of the molecule is COc1cccc2c1/C(=C/C=C(NC(=O)c1conc1C)C(=O)Nc1cc3c(cn1)C1(CCOCC1)C(=O)N3)C2. The second-order valence-corrected chi connectivity index (χ2v) is 9.93. The lowest BCUT2D eigenvalue weighted by Gasteiger charge is -2.31. The van der Waals surface area contributed by atoms with Gasteiger partial charge >= 0.3 is 0 Å². The molecule has 1 aliphatic carbocycles. The number of benzene rings is 1. The standard InChI is InChI=1S/C29H27N5O6/c1-16-19(15-40-34-16)26(35)31-21(7-6-18-12-17-4-3-5-23(38-2)25(17)18)27(36)33-24-13-22-20(14-30-24)29(28(37)32-22)8-10-39-11-9-29/h3-7,13-15H,8-12H2,1-2H3,(H,31,35)(H,32,37)(H,30,33,36)/b18-6+,21-7?. The smallest absolute Gasteiger partial charge is 0.273 e. The maximum Gasteiger partial charge on any atom is 0.273 e. The Morgan fingerprint density at radius 3 is 2.80 bits per heavy atom. The lowest BCUT2D eigenvalue weighted by Crippen LogP contribution is -2.40. The fourth-order valence-electron chi connectivity index (χ4n) is 5.42. The highest BCUT2D eigenvalue weighted by Gasteiger charge is 2.48. The van der Waals surface area contributed by atoms with Crippen molar-refractivity contribution in [3.8, 4) is 5.75 Å². The molecule has 2 aliphatic heterocycles. The number of methoxy groups -OCH3 is 1. The molecule has 6 rings (SSSR count). The van der Waals surface area contributed by atoms with Crippen molar-refractivity contribution in [1.29, 1.82) is 0 Å². The maximum absolute atomic E-state index is 13.4. The molecule has 40 heavy (non-hydrogen) atoms. The Morgan fingerprint density at radius 2 is 2.05 bits per heavy atom. The van der Waals surface area contributed by atoms with Crippen molar-refractivity contribution in [2.45, 2.75) is 31.6 Å². The van der Waals surface area contributed by atoms with Gasteiger partial charge in [0.05, 0.1) is 23.9 Å². The summed E-state index contributed by atoms with van der Waals surface area (Å²) in [7, 11) is 1.61. The molecule has 0 atom stereocenters. The van der Waals surface area contributed by atoms with Crippen LogP contribution in [0, 0.1) is 6.92 Å². The summed E-state index contributed by atoms with van der Waals surface area (Å²) in [6, 6.07) is 7.46. The van der Waals surface area contributed by atoms with Crippen molar-refractivity contribution in [3.05, 3.63) is 82.5 Å². The summed E-state index contributed by atoms with van der Waals surface area (Å²) in [5, 5.41) is 12.1. The predicted molar refractivity (Wildman–Crippen MR) is 145 cm³/mol. The Morgan fingerprint density at radius 1 is 1.23 bits per heavy atom. The average Bonchev–Trinajstić information content (AvgIpc) is 3.48. The molecule has 11 nitrogen and oxygen atoms in total. The number of rotatable bonds is 6. The number of nitrogens with zero attached hydrogens (tertiary/aromatic N) is 2. The van der Waals surface area contributed by atoms with Crippen molar-refractivity contribution in [2.75, 3.05) is 31.0 Å². The Labute approximate surface area is 229 Å². The van der Waals surface area contributed by atoms with Crippen LogP contribution in [0.5, 0.6) is 5.75 Å². The number of amides is 3. The van der Waals surface area contributed by atoms with E-state index in [-0.39, 0.29) is 23.0 Å². The zero-order chi connectivity index (χ0) is 27.9. The number of aryl methyl sites for hydroxylation is 1. The van der Waals surface area contributed by atoms with Crippen molar-refractivity contribution < 1.29 is 28.4 Å². The molecule has 4 heterocycles. The number of aromatic nitrogens is 2. The molecule has 3 amide bonds. The molecular formula is C29H27N5O6. The van der Waals surface area contributed by atoms with E-state index in [9.17, 15) is 14.4 Å². The molecule has 1 fully saturated rings. The van der Waals surface area contributed by atoms with E-state index in [1.807, 2.05) is 18.2 Å². The lowest BCUT2D eigenvalue weighted by atomic mass is 9.76. The molecule has 1 spiro atoms. The van der Waals surface area contributed by atoms with Gasteiger partial charge in [-0.2, -0.15) is 0 Å². The van der Waals surface area contributed by atoms with E-state index in [1.54, 1.807) is 38.4 Å². The van der Waals surface area contributed by atoms with Crippen molar-refractivity contribution in [2.24, 2.45) is 0 Å². The summed E-state index contributed by atoms with van der Waals surface area (Å²) in [5.74, 6) is -0.240. The highest BCUT2D eigenvalue weighted by Crippen LogP contribution is 2.45. The van der Waals surface area contributed by atoms with Gasteiger partial charge < -0.3 is 29.9 Å². The first kappa shape index (κ1) is 25.5. The second kappa shape index (κ2) is 10.1. The van der Waals surface area contributed by atoms with E-state index in [0.717, 1.165) is 28.0 Å². The van der Waals surface area contributed by atoms with Gasteiger partial charge in [-0.15, -0.1) is 0 Å². The summed E-state index contributed by atoms with van der Waals surface area (Å²) in [4.78, 5) is 43.6. The van der Waals surface area contributed by atoms with E-state index >= 15 is 0 Å². The molecule has 3 aliphatic rings. The fourth-order valence-corrected chi connectivity index (χ4v) is 5.42. The van der Waals surface area contributed by atoms with Crippen LogP contribution in [0.2, 0.25) is 0 Å². The van der Waals surface area contributed by atoms with Gasteiger partial charge in [0.15, 0.2) is 0 Å². The average molecular weight is 542 g/mol. The van der Waals surface area contributed by atoms with Crippen LogP contribution in [-0.4, -0.2) is 48.2 Å². The number of carbonyl (C=O) groups is 3. The molecule has 0 bridgehead atoms.